The summed E-state index contributed by atoms with van der Waals surface area (Å²) in [7, 11) is 0. The first kappa shape index (κ1) is 79.2. The largest absolute Gasteiger partial charge is 0.478 e. The van der Waals surface area contributed by atoms with E-state index in [0.29, 0.717) is 0 Å². The lowest BCUT2D eigenvalue weighted by molar-refractivity contribution is -0.140. The number of carboxylic acid groups (broad SMARTS) is 2. The monoisotopic (exact) mass is 1190 g/mol. The molecule has 23 heteroatoms. The van der Waals surface area contributed by atoms with Crippen molar-refractivity contribution in [3.05, 3.63) is 191 Å². The van der Waals surface area contributed by atoms with Crippen LogP contribution in [0.2, 0.25) is 0 Å². The number of aliphatic hydroxyl groups is 2. The molecule has 460 valence electrons. The lowest BCUT2D eigenvalue weighted by Gasteiger charge is -2.10. The molecule has 0 radical (unpaired) electrons. The van der Waals surface area contributed by atoms with Gasteiger partial charge < -0.3 is 53.6 Å². The summed E-state index contributed by atoms with van der Waals surface area (Å²) < 4.78 is 33.5. The molecule has 4 N–H and O–H groups in total. The summed E-state index contributed by atoms with van der Waals surface area (Å²) in [5, 5.41) is 36.4. The van der Waals surface area contributed by atoms with Crippen molar-refractivity contribution < 1.29 is 111 Å². The summed E-state index contributed by atoms with van der Waals surface area (Å²) in [5.74, 6) is -8.32. The van der Waals surface area contributed by atoms with Crippen LogP contribution in [0, 0.1) is 0 Å². The highest BCUT2D eigenvalue weighted by Gasteiger charge is 2.22. The molecule has 0 heterocycles. The molecule has 85 heavy (non-hydrogen) atoms. The van der Waals surface area contributed by atoms with Crippen LogP contribution in [0.3, 0.4) is 0 Å². The molecule has 0 aliphatic rings. The number of ketones is 3. The van der Waals surface area contributed by atoms with Gasteiger partial charge in [0.05, 0.1) is 40.0 Å². The van der Waals surface area contributed by atoms with Crippen LogP contribution in [0.25, 0.3) is 0 Å². The van der Waals surface area contributed by atoms with Gasteiger partial charge in [0.25, 0.3) is 0 Å². The lowest BCUT2D eigenvalue weighted by atomic mass is 10.00. The van der Waals surface area contributed by atoms with Crippen molar-refractivity contribution in [1.29, 1.82) is 0 Å². The average molecular weight is 1190 g/mol. The van der Waals surface area contributed by atoms with E-state index in [0.717, 1.165) is 12.2 Å². The first-order valence-corrected chi connectivity index (χ1v) is 24.3. The van der Waals surface area contributed by atoms with E-state index in [9.17, 15) is 67.7 Å². The molecule has 0 amide bonds. The third-order valence-corrected chi connectivity index (χ3v) is 9.73. The minimum absolute atomic E-state index is 0. The maximum Gasteiger partial charge on any atom is 0.339 e. The number of aliphatic hydroxyl groups excluding tert-OH is 2. The first-order valence-electron chi connectivity index (χ1n) is 24.3. The van der Waals surface area contributed by atoms with Gasteiger partial charge in [0.2, 0.25) is 5.78 Å². The average Bonchev–Trinajstić information content (AvgIpc) is 3.64. The maximum absolute atomic E-state index is 12.0. The van der Waals surface area contributed by atoms with Crippen LogP contribution >= 0.6 is 0 Å². The number of rotatable bonds is 27. The van der Waals surface area contributed by atoms with Crippen molar-refractivity contribution >= 4 is 71.1 Å². The van der Waals surface area contributed by atoms with Crippen LogP contribution in [0.1, 0.15) is 146 Å². The summed E-state index contributed by atoms with van der Waals surface area (Å²) in [4.78, 5) is 137. The van der Waals surface area contributed by atoms with E-state index >= 15 is 0 Å². The Bertz CT molecular complexity index is 2980. The van der Waals surface area contributed by atoms with E-state index in [1.807, 2.05) is 0 Å². The van der Waals surface area contributed by atoms with E-state index in [2.05, 4.69) is 35.8 Å². The van der Waals surface area contributed by atoms with Gasteiger partial charge in [0.15, 0.2) is 18.2 Å². The molecule has 4 aromatic rings. The Morgan fingerprint density at radius 3 is 0.941 bits per heavy atom. The number of carboxylic acids is 2. The smallest absolute Gasteiger partial charge is 0.339 e. The zero-order valence-electron chi connectivity index (χ0n) is 45.3. The Hall–Kier alpha value is -10.0. The Morgan fingerprint density at radius 1 is 0.400 bits per heavy atom. The van der Waals surface area contributed by atoms with Gasteiger partial charge in [-0.25, -0.2) is 43.2 Å². The fraction of sp³-hybridized carbons (Fsp3) is 0.290. The highest BCUT2D eigenvalue weighted by atomic mass is 16.6. The van der Waals surface area contributed by atoms with Gasteiger partial charge in [0.1, 0.15) is 39.6 Å². The van der Waals surface area contributed by atoms with Gasteiger partial charge in [-0.2, -0.15) is 0 Å². The Kier molecular flexibility index (Phi) is 39.9. The number of hydrogen-bond donors (Lipinski definition) is 4. The molecule has 0 saturated carbocycles. The molecule has 4 aromatic carbocycles. The number of carbonyl (C=O) groups excluding carboxylic acids is 10. The number of Topliss-reactive ketones (excluding diaryl/α,β-unsaturated/α-hetero) is 3. The number of benzene rings is 4. The van der Waals surface area contributed by atoms with Crippen molar-refractivity contribution in [3.8, 4) is 0 Å². The number of hydrogen-bond acceptors (Lipinski definition) is 21. The molecule has 4 rings (SSSR count). The quantitative estimate of drug-likeness (QED) is 0.0143. The van der Waals surface area contributed by atoms with Gasteiger partial charge in [-0.1, -0.05) is 115 Å². The van der Waals surface area contributed by atoms with Gasteiger partial charge in [-0.05, 0) is 58.0 Å². The third kappa shape index (κ3) is 30.6. The molecule has 0 spiro atoms. The SMILES string of the molecule is C.C.C.C=C(C)C(=O)OCCOC(=O)c1ccccc1C(=O)CC(C)O.C=C(C)C(=O)OCCOC(=O)c1ccccc1C(=O)O.C=CC(=O)OCC(=O)c1ccccc1C(=O)O.C=CC(=O)OCCOC(=O)c1ccccc1C(=O)CC(C)O. The fourth-order valence-corrected chi connectivity index (χ4v) is 5.95. The van der Waals surface area contributed by atoms with Crippen molar-refractivity contribution in [1.82, 2.24) is 0 Å². The molecule has 2 unspecified atom stereocenters. The molecule has 0 aromatic heterocycles. The van der Waals surface area contributed by atoms with Gasteiger partial charge >= 0.3 is 53.7 Å². The Balaban J connectivity index is -0.00000105. The lowest BCUT2D eigenvalue weighted by Crippen LogP contribution is -2.18. The molecule has 0 saturated heterocycles. The van der Waals surface area contributed by atoms with Crippen LogP contribution in [0.5, 0.6) is 0 Å². The number of esters is 7. The zero-order chi connectivity index (χ0) is 61.9. The summed E-state index contributed by atoms with van der Waals surface area (Å²) >= 11 is 0. The molecule has 23 nitrogen and oxygen atoms in total. The normalized spacial score (nSPS) is 10.2. The van der Waals surface area contributed by atoms with Crippen LogP contribution in [-0.2, 0) is 52.3 Å². The number of aromatic carboxylic acids is 2. The zero-order valence-corrected chi connectivity index (χ0v) is 45.3. The minimum Gasteiger partial charge on any atom is -0.478 e. The molecule has 0 fully saturated rings. The second-order valence-electron chi connectivity index (χ2n) is 16.6. The highest BCUT2D eigenvalue weighted by molar-refractivity contribution is 6.08. The van der Waals surface area contributed by atoms with E-state index in [4.69, 9.17) is 33.9 Å². The summed E-state index contributed by atoms with van der Waals surface area (Å²) in [5.41, 5.74) is 0.811. The van der Waals surface area contributed by atoms with E-state index in [1.165, 1.54) is 100 Å². The Labute approximate surface area is 493 Å². The van der Waals surface area contributed by atoms with Crippen LogP contribution in [0.15, 0.2) is 147 Å². The molecule has 0 aliphatic carbocycles. The van der Waals surface area contributed by atoms with Crippen LogP contribution in [0.4, 0.5) is 0 Å². The predicted molar refractivity (Wildman–Crippen MR) is 310 cm³/mol. The number of ether oxygens (including phenoxy) is 7. The highest BCUT2D eigenvalue weighted by Crippen LogP contribution is 2.16. The number of carbonyl (C=O) groups is 12. The topological polar surface area (TPSA) is 350 Å². The van der Waals surface area contributed by atoms with E-state index in [-0.39, 0.29) is 142 Å². The minimum atomic E-state index is -1.22. The molecular formula is C62H74O23. The van der Waals surface area contributed by atoms with Gasteiger partial charge in [0, 0.05) is 52.8 Å². The molecule has 2 atom stereocenters. The van der Waals surface area contributed by atoms with Crippen molar-refractivity contribution in [2.75, 3.05) is 46.2 Å². The van der Waals surface area contributed by atoms with Crippen molar-refractivity contribution in [2.45, 2.75) is 75.0 Å². The van der Waals surface area contributed by atoms with Crippen LogP contribution in [-0.4, -0.2) is 150 Å². The fourth-order valence-electron chi connectivity index (χ4n) is 5.95. The molecule has 0 bridgehead atoms. The summed E-state index contributed by atoms with van der Waals surface area (Å²) in [6.07, 6.45) is 0.173. The standard InChI is InChI=1S/C17H20O6.C16H18O6.C14H14O6.C12H10O5.3CH4/c1-11(2)16(20)22-8-9-23-17(21)14-7-5-4-6-13(14)15(19)10-12(3)18;1-3-15(19)21-8-9-22-16(20)13-7-5-4-6-12(13)14(18)10-11(2)17;1-9(2)13(17)19-7-8-20-14(18)11-6-4-3-5-10(11)12(15)16;1-2-11(14)17-7-10(13)8-5-3-4-6-9(8)12(15)16;;;/h4-7,12,18H,1,8-10H2,2-3H3;3-7,11,17H,1,8-10H2,2H3;3-6H,1,7-8H2,2H3,(H,15,16);2-6H,1,7H2,(H,15,16);3*1H4. The molecular weight excluding hydrogens is 1110 g/mol. The second kappa shape index (κ2) is 42.8. The van der Waals surface area contributed by atoms with Gasteiger partial charge in [-0.3, -0.25) is 14.4 Å². The van der Waals surface area contributed by atoms with Crippen molar-refractivity contribution in [2.24, 2.45) is 0 Å². The van der Waals surface area contributed by atoms with E-state index in [1.54, 1.807) is 24.3 Å². The van der Waals surface area contributed by atoms with Crippen LogP contribution < -0.4 is 0 Å². The first-order chi connectivity index (χ1) is 38.8. The third-order valence-electron chi connectivity index (χ3n) is 9.73. The summed E-state index contributed by atoms with van der Waals surface area (Å²) in [6, 6.07) is 23.8. The Morgan fingerprint density at radius 2 is 0.647 bits per heavy atom. The van der Waals surface area contributed by atoms with E-state index < -0.39 is 78.3 Å². The van der Waals surface area contributed by atoms with Crippen molar-refractivity contribution in [3.63, 3.8) is 0 Å². The predicted octanol–water partition coefficient (Wildman–Crippen LogP) is 8.31. The van der Waals surface area contributed by atoms with Gasteiger partial charge in [-0.15, -0.1) is 0 Å². The maximum atomic E-state index is 12.0. The molecule has 0 aliphatic heterocycles. The second-order valence-corrected chi connectivity index (χ2v) is 16.6. The summed E-state index contributed by atoms with van der Waals surface area (Å²) in [6.45, 7) is 18.0.